The van der Waals surface area contributed by atoms with Crippen LogP contribution in [0, 0.1) is 0 Å². The molecule has 2 aromatic rings. The number of ether oxygens (including phenoxy) is 1. The van der Waals surface area contributed by atoms with E-state index in [0.717, 1.165) is 69.8 Å². The summed E-state index contributed by atoms with van der Waals surface area (Å²) < 4.78 is 5.40. The van der Waals surface area contributed by atoms with E-state index in [2.05, 4.69) is 22.3 Å². The van der Waals surface area contributed by atoms with Crippen LogP contribution in [0.4, 0.5) is 5.69 Å². The van der Waals surface area contributed by atoms with Gasteiger partial charge >= 0.3 is 0 Å². The first kappa shape index (κ1) is 19.4. The van der Waals surface area contributed by atoms with E-state index >= 15 is 0 Å². The third kappa shape index (κ3) is 4.24. The molecule has 28 heavy (non-hydrogen) atoms. The summed E-state index contributed by atoms with van der Waals surface area (Å²) in [5.74, 6) is 0.0853. The van der Waals surface area contributed by atoms with Crippen molar-refractivity contribution in [3.63, 3.8) is 0 Å². The molecule has 1 amide bonds. The third-order valence-corrected chi connectivity index (χ3v) is 6.32. The summed E-state index contributed by atoms with van der Waals surface area (Å²) in [6.07, 6.45) is 3.87. The molecular formula is C23H27ClN2O2. The molecular weight excluding hydrogens is 372 g/mol. The highest BCUT2D eigenvalue weighted by Crippen LogP contribution is 2.44. The minimum atomic E-state index is -0.417. The zero-order valence-corrected chi connectivity index (χ0v) is 16.9. The molecule has 4 nitrogen and oxygen atoms in total. The first-order valence-electron chi connectivity index (χ1n) is 10.1. The fraction of sp³-hybridized carbons (Fsp3) is 0.435. The first-order chi connectivity index (χ1) is 13.7. The Morgan fingerprint density at radius 2 is 1.71 bits per heavy atom. The van der Waals surface area contributed by atoms with Crippen molar-refractivity contribution >= 4 is 23.2 Å². The highest BCUT2D eigenvalue weighted by molar-refractivity contribution is 6.30. The fourth-order valence-electron chi connectivity index (χ4n) is 4.06. The maximum Gasteiger partial charge on any atom is 0.235 e. The number of rotatable bonds is 6. The summed E-state index contributed by atoms with van der Waals surface area (Å²) in [6, 6.07) is 16.0. The molecule has 1 heterocycles. The Kier molecular flexibility index (Phi) is 6.00. The minimum absolute atomic E-state index is 0.0853. The lowest BCUT2D eigenvalue weighted by Gasteiger charge is -2.40. The largest absolute Gasteiger partial charge is 0.379 e. The smallest absolute Gasteiger partial charge is 0.235 e. The van der Waals surface area contributed by atoms with Crippen LogP contribution in [0.5, 0.6) is 0 Å². The third-order valence-electron chi connectivity index (χ3n) is 6.07. The number of nitrogens with one attached hydrogen (secondary N) is 1. The highest BCUT2D eigenvalue weighted by atomic mass is 35.5. The lowest BCUT2D eigenvalue weighted by molar-refractivity contribution is -0.124. The molecule has 4 rings (SSSR count). The number of amides is 1. The van der Waals surface area contributed by atoms with Crippen molar-refractivity contribution in [2.75, 3.05) is 38.2 Å². The van der Waals surface area contributed by atoms with E-state index in [1.54, 1.807) is 0 Å². The SMILES string of the molecule is O=C(Nc1ccc(CCN2CCOCC2)cc1)C1(c2ccc(Cl)cc2)CCC1. The minimum Gasteiger partial charge on any atom is -0.379 e. The van der Waals surface area contributed by atoms with E-state index in [4.69, 9.17) is 16.3 Å². The summed E-state index contributed by atoms with van der Waals surface area (Å²) in [7, 11) is 0. The molecule has 1 saturated carbocycles. The molecule has 2 aliphatic rings. The van der Waals surface area contributed by atoms with Crippen molar-refractivity contribution in [2.24, 2.45) is 0 Å². The van der Waals surface area contributed by atoms with Crippen LogP contribution in [0.25, 0.3) is 0 Å². The first-order valence-corrected chi connectivity index (χ1v) is 10.5. The molecule has 1 aliphatic carbocycles. The molecule has 0 aromatic heterocycles. The van der Waals surface area contributed by atoms with Crippen LogP contribution in [0.3, 0.4) is 0 Å². The Labute approximate surface area is 171 Å². The van der Waals surface area contributed by atoms with Gasteiger partial charge in [0.15, 0.2) is 0 Å². The van der Waals surface area contributed by atoms with Crippen molar-refractivity contribution < 1.29 is 9.53 Å². The van der Waals surface area contributed by atoms with E-state index in [1.807, 2.05) is 36.4 Å². The number of hydrogen-bond donors (Lipinski definition) is 1. The second-order valence-electron chi connectivity index (χ2n) is 7.80. The number of carbonyl (C=O) groups excluding carboxylic acids is 1. The lowest BCUT2D eigenvalue weighted by Crippen LogP contribution is -2.46. The zero-order valence-electron chi connectivity index (χ0n) is 16.1. The van der Waals surface area contributed by atoms with Gasteiger partial charge in [-0.3, -0.25) is 9.69 Å². The van der Waals surface area contributed by atoms with Crippen LogP contribution in [0.1, 0.15) is 30.4 Å². The summed E-state index contributed by atoms with van der Waals surface area (Å²) in [5, 5.41) is 3.83. The topological polar surface area (TPSA) is 41.6 Å². The Morgan fingerprint density at radius 1 is 1.04 bits per heavy atom. The summed E-state index contributed by atoms with van der Waals surface area (Å²) in [5.41, 5.74) is 2.79. The summed E-state index contributed by atoms with van der Waals surface area (Å²) in [4.78, 5) is 15.5. The molecule has 1 saturated heterocycles. The normalized spacial score (nSPS) is 19.0. The van der Waals surface area contributed by atoms with E-state index in [1.165, 1.54) is 5.56 Å². The molecule has 1 aliphatic heterocycles. The number of benzene rings is 2. The molecule has 0 spiro atoms. The van der Waals surface area contributed by atoms with Crippen LogP contribution < -0.4 is 5.32 Å². The predicted molar refractivity (Wildman–Crippen MR) is 113 cm³/mol. The van der Waals surface area contributed by atoms with Crippen molar-refractivity contribution in [3.05, 3.63) is 64.7 Å². The van der Waals surface area contributed by atoms with Gasteiger partial charge in [0.05, 0.1) is 18.6 Å². The number of nitrogens with zero attached hydrogens (tertiary/aromatic N) is 1. The van der Waals surface area contributed by atoms with Gasteiger partial charge in [-0.15, -0.1) is 0 Å². The Balaban J connectivity index is 1.36. The molecule has 2 aromatic carbocycles. The van der Waals surface area contributed by atoms with Crippen molar-refractivity contribution in [3.8, 4) is 0 Å². The lowest BCUT2D eigenvalue weighted by atomic mass is 9.64. The molecule has 0 bridgehead atoms. The van der Waals surface area contributed by atoms with Crippen LogP contribution >= 0.6 is 11.6 Å². The molecule has 0 radical (unpaired) electrons. The summed E-state index contributed by atoms with van der Waals surface area (Å²) in [6.45, 7) is 4.75. The second kappa shape index (κ2) is 8.64. The zero-order chi connectivity index (χ0) is 19.4. The van der Waals surface area contributed by atoms with Crippen molar-refractivity contribution in [1.29, 1.82) is 0 Å². The average Bonchev–Trinajstić information content (AvgIpc) is 2.69. The predicted octanol–water partition coefficient (Wildman–Crippen LogP) is 4.28. The Hall–Kier alpha value is -1.88. The second-order valence-corrected chi connectivity index (χ2v) is 8.23. The number of hydrogen-bond acceptors (Lipinski definition) is 3. The number of anilines is 1. The quantitative estimate of drug-likeness (QED) is 0.789. The van der Waals surface area contributed by atoms with Gasteiger partial charge in [-0.2, -0.15) is 0 Å². The average molecular weight is 399 g/mol. The van der Waals surface area contributed by atoms with Gasteiger partial charge in [-0.1, -0.05) is 42.3 Å². The summed E-state index contributed by atoms with van der Waals surface area (Å²) >= 11 is 6.01. The maximum absolute atomic E-state index is 13.1. The Morgan fingerprint density at radius 3 is 2.32 bits per heavy atom. The monoisotopic (exact) mass is 398 g/mol. The van der Waals surface area contributed by atoms with Gasteiger partial charge in [-0.05, 0) is 54.7 Å². The van der Waals surface area contributed by atoms with E-state index in [9.17, 15) is 4.79 Å². The molecule has 2 fully saturated rings. The van der Waals surface area contributed by atoms with Crippen LogP contribution in [0.2, 0.25) is 5.02 Å². The van der Waals surface area contributed by atoms with Gasteiger partial charge in [0.25, 0.3) is 0 Å². The van der Waals surface area contributed by atoms with Crippen molar-refractivity contribution in [1.82, 2.24) is 4.90 Å². The van der Waals surface area contributed by atoms with Gasteiger partial charge in [0.1, 0.15) is 0 Å². The molecule has 5 heteroatoms. The molecule has 0 unspecified atom stereocenters. The standard InChI is InChI=1S/C23H27ClN2O2/c24-20-6-4-19(5-7-20)23(11-1-12-23)22(27)25-21-8-2-18(3-9-21)10-13-26-14-16-28-17-15-26/h2-9H,1,10-17H2,(H,25,27). The number of morpholine rings is 1. The van der Waals surface area contributed by atoms with Gasteiger partial charge < -0.3 is 10.1 Å². The van der Waals surface area contributed by atoms with Crippen LogP contribution in [-0.4, -0.2) is 43.7 Å². The van der Waals surface area contributed by atoms with Gasteiger partial charge in [0.2, 0.25) is 5.91 Å². The van der Waals surface area contributed by atoms with Crippen LogP contribution in [0.15, 0.2) is 48.5 Å². The Bertz CT molecular complexity index is 794. The van der Waals surface area contributed by atoms with E-state index in [0.29, 0.717) is 5.02 Å². The maximum atomic E-state index is 13.1. The fourth-order valence-corrected chi connectivity index (χ4v) is 4.19. The molecule has 1 N–H and O–H groups in total. The van der Waals surface area contributed by atoms with Gasteiger partial charge in [-0.25, -0.2) is 0 Å². The van der Waals surface area contributed by atoms with Gasteiger partial charge in [0, 0.05) is 30.3 Å². The molecule has 0 atom stereocenters. The van der Waals surface area contributed by atoms with Crippen LogP contribution in [-0.2, 0) is 21.4 Å². The van der Waals surface area contributed by atoms with Crippen molar-refractivity contribution in [2.45, 2.75) is 31.1 Å². The number of halogens is 1. The number of carbonyl (C=O) groups is 1. The van der Waals surface area contributed by atoms with E-state index in [-0.39, 0.29) is 5.91 Å². The molecule has 148 valence electrons. The van der Waals surface area contributed by atoms with E-state index < -0.39 is 5.41 Å². The highest BCUT2D eigenvalue weighted by Gasteiger charge is 2.45.